The minimum atomic E-state index is -0.820. The zero-order valence-electron chi connectivity index (χ0n) is 7.65. The second kappa shape index (κ2) is 2.43. The van der Waals surface area contributed by atoms with Gasteiger partial charge in [-0.15, -0.1) is 0 Å². The zero-order valence-corrected chi connectivity index (χ0v) is 8.65. The third kappa shape index (κ3) is 8.18. The van der Waals surface area contributed by atoms with Gasteiger partial charge in [-0.1, -0.05) is 19.6 Å². The largest absolute Gasteiger partial charge is 0.334 e. The summed E-state index contributed by atoms with van der Waals surface area (Å²) in [6, 6.07) is 0. The molecule has 0 saturated heterocycles. The average molecular weight is 146 g/mol. The molecule has 0 spiro atoms. The Labute approximate surface area is 60.3 Å². The van der Waals surface area contributed by atoms with Crippen LogP contribution in [0.4, 0.5) is 0 Å². The summed E-state index contributed by atoms with van der Waals surface area (Å²) in [6.45, 7) is 7.24. The van der Waals surface area contributed by atoms with E-state index >= 15 is 0 Å². The third-order valence-electron chi connectivity index (χ3n) is 0.949. The molecule has 0 aromatic heterocycles. The van der Waals surface area contributed by atoms with E-state index in [1.165, 1.54) is 6.17 Å². The number of quaternary nitrogens is 1. The minimum Gasteiger partial charge on any atom is -0.334 e. The Morgan fingerprint density at radius 1 is 1.00 bits per heavy atom. The van der Waals surface area contributed by atoms with Gasteiger partial charge in [-0.25, -0.2) is 0 Å². The topological polar surface area (TPSA) is 0 Å². The van der Waals surface area contributed by atoms with E-state index in [4.69, 9.17) is 0 Å². The molecule has 9 heavy (non-hydrogen) atoms. The normalized spacial score (nSPS) is 14.0. The SMILES string of the molecule is C[N+](C)(C)C[Si](C)(C)C. The van der Waals surface area contributed by atoms with Gasteiger partial charge in [0.25, 0.3) is 0 Å². The van der Waals surface area contributed by atoms with E-state index in [1.807, 2.05) is 0 Å². The summed E-state index contributed by atoms with van der Waals surface area (Å²) in [4.78, 5) is 0. The van der Waals surface area contributed by atoms with Crippen LogP contribution in [0.5, 0.6) is 0 Å². The fourth-order valence-corrected chi connectivity index (χ4v) is 4.27. The Morgan fingerprint density at radius 2 is 1.33 bits per heavy atom. The predicted octanol–water partition coefficient (Wildman–Crippen LogP) is 1.57. The molecule has 0 unspecified atom stereocenters. The van der Waals surface area contributed by atoms with Crippen molar-refractivity contribution in [1.82, 2.24) is 0 Å². The van der Waals surface area contributed by atoms with Crippen LogP contribution < -0.4 is 0 Å². The van der Waals surface area contributed by atoms with Crippen molar-refractivity contribution in [2.24, 2.45) is 0 Å². The van der Waals surface area contributed by atoms with Gasteiger partial charge in [-0.2, -0.15) is 0 Å². The van der Waals surface area contributed by atoms with E-state index in [1.54, 1.807) is 0 Å². The first-order chi connectivity index (χ1) is 3.71. The summed E-state index contributed by atoms with van der Waals surface area (Å²) < 4.78 is 1.12. The summed E-state index contributed by atoms with van der Waals surface area (Å²) in [5.74, 6) is 0. The molecule has 2 heteroatoms. The van der Waals surface area contributed by atoms with E-state index in [9.17, 15) is 0 Å². The van der Waals surface area contributed by atoms with Crippen LogP contribution in [0, 0.1) is 0 Å². The summed E-state index contributed by atoms with van der Waals surface area (Å²) in [7, 11) is 5.97. The van der Waals surface area contributed by atoms with Gasteiger partial charge in [0.15, 0.2) is 0 Å². The fourth-order valence-electron chi connectivity index (χ4n) is 1.42. The summed E-state index contributed by atoms with van der Waals surface area (Å²) in [5.41, 5.74) is 0. The molecular formula is C7H20NSi+. The molecule has 0 aromatic carbocycles. The Balaban J connectivity index is 3.75. The van der Waals surface area contributed by atoms with Crippen LogP contribution in [0.25, 0.3) is 0 Å². The predicted molar refractivity (Wildman–Crippen MR) is 46.2 cm³/mol. The maximum atomic E-state index is 2.41. The van der Waals surface area contributed by atoms with Crippen molar-refractivity contribution in [3.63, 3.8) is 0 Å². The van der Waals surface area contributed by atoms with Crippen molar-refractivity contribution in [2.75, 3.05) is 27.3 Å². The monoisotopic (exact) mass is 146 g/mol. The van der Waals surface area contributed by atoms with Crippen molar-refractivity contribution >= 4 is 8.07 Å². The first kappa shape index (κ1) is 9.18. The van der Waals surface area contributed by atoms with Gasteiger partial charge < -0.3 is 4.48 Å². The molecule has 0 amide bonds. The lowest BCUT2D eigenvalue weighted by Crippen LogP contribution is -2.47. The first-order valence-electron chi connectivity index (χ1n) is 3.51. The first-order valence-corrected chi connectivity index (χ1v) is 7.22. The van der Waals surface area contributed by atoms with Crippen molar-refractivity contribution in [3.05, 3.63) is 0 Å². The standard InChI is InChI=1S/C7H20NSi/c1-8(2,3)7-9(4,5)6/h7H2,1-6H3/q+1. The van der Waals surface area contributed by atoms with Crippen LogP contribution in [-0.2, 0) is 0 Å². The quantitative estimate of drug-likeness (QED) is 0.410. The highest BCUT2D eigenvalue weighted by molar-refractivity contribution is 6.75. The molecule has 0 heterocycles. The van der Waals surface area contributed by atoms with Crippen LogP contribution in [0.1, 0.15) is 0 Å². The molecule has 0 aliphatic carbocycles. The summed E-state index contributed by atoms with van der Waals surface area (Å²) in [6.07, 6.45) is 1.37. The Bertz CT molecular complexity index is 74.1. The molecule has 0 bridgehead atoms. The average Bonchev–Trinajstić information content (AvgIpc) is 1.14. The second-order valence-corrected chi connectivity index (χ2v) is 10.4. The Kier molecular flexibility index (Phi) is 2.47. The number of hydrogen-bond donors (Lipinski definition) is 0. The van der Waals surface area contributed by atoms with E-state index in [0.717, 1.165) is 4.48 Å². The number of rotatable bonds is 2. The maximum Gasteiger partial charge on any atom is 0.110 e. The van der Waals surface area contributed by atoms with Crippen molar-refractivity contribution in [2.45, 2.75) is 19.6 Å². The lowest BCUT2D eigenvalue weighted by atomic mass is 10.8. The van der Waals surface area contributed by atoms with Crippen LogP contribution in [0.3, 0.4) is 0 Å². The van der Waals surface area contributed by atoms with Gasteiger partial charge in [-0.05, 0) is 0 Å². The molecular weight excluding hydrogens is 126 g/mol. The van der Waals surface area contributed by atoms with Crippen LogP contribution >= 0.6 is 0 Å². The van der Waals surface area contributed by atoms with Crippen molar-refractivity contribution in [3.8, 4) is 0 Å². The third-order valence-corrected chi connectivity index (χ3v) is 2.85. The van der Waals surface area contributed by atoms with E-state index in [0.29, 0.717) is 0 Å². The molecule has 1 nitrogen and oxygen atoms in total. The summed E-state index contributed by atoms with van der Waals surface area (Å²) >= 11 is 0. The van der Waals surface area contributed by atoms with E-state index < -0.39 is 8.07 Å². The molecule has 0 aliphatic heterocycles. The van der Waals surface area contributed by atoms with E-state index in [-0.39, 0.29) is 0 Å². The molecule has 0 fully saturated rings. The van der Waals surface area contributed by atoms with Gasteiger partial charge in [0, 0.05) is 0 Å². The number of hydrogen-bond acceptors (Lipinski definition) is 0. The van der Waals surface area contributed by atoms with Gasteiger partial charge in [0.05, 0.1) is 27.3 Å². The maximum absolute atomic E-state index is 2.41. The lowest BCUT2D eigenvalue weighted by molar-refractivity contribution is -0.860. The Hall–Kier alpha value is 0.177. The number of nitrogens with zero attached hydrogens (tertiary/aromatic N) is 1. The summed E-state index contributed by atoms with van der Waals surface area (Å²) in [5, 5.41) is 0. The highest BCUT2D eigenvalue weighted by Gasteiger charge is 2.22. The molecule has 0 N–H and O–H groups in total. The highest BCUT2D eigenvalue weighted by Crippen LogP contribution is 2.05. The van der Waals surface area contributed by atoms with E-state index in [2.05, 4.69) is 40.8 Å². The molecule has 0 aromatic rings. The smallest absolute Gasteiger partial charge is 0.110 e. The molecule has 0 radical (unpaired) electrons. The zero-order chi connectivity index (χ0) is 7.71. The molecule has 56 valence electrons. The van der Waals surface area contributed by atoms with Crippen LogP contribution in [-0.4, -0.2) is 39.9 Å². The molecule has 0 atom stereocenters. The minimum absolute atomic E-state index is 0.820. The van der Waals surface area contributed by atoms with Crippen LogP contribution in [0.15, 0.2) is 0 Å². The molecule has 0 aliphatic rings. The Morgan fingerprint density at radius 3 is 1.33 bits per heavy atom. The van der Waals surface area contributed by atoms with Crippen LogP contribution in [0.2, 0.25) is 19.6 Å². The lowest BCUT2D eigenvalue weighted by Gasteiger charge is -2.30. The second-order valence-electron chi connectivity index (χ2n) is 5.01. The van der Waals surface area contributed by atoms with Crippen molar-refractivity contribution in [1.29, 1.82) is 0 Å². The van der Waals surface area contributed by atoms with Crippen molar-refractivity contribution < 1.29 is 4.48 Å². The fraction of sp³-hybridized carbons (Fsp3) is 1.00. The highest BCUT2D eigenvalue weighted by atomic mass is 28.3. The van der Waals surface area contributed by atoms with Gasteiger partial charge in [0.2, 0.25) is 0 Å². The van der Waals surface area contributed by atoms with Gasteiger partial charge >= 0.3 is 0 Å². The molecule has 0 rings (SSSR count). The molecule has 0 saturated carbocycles. The van der Waals surface area contributed by atoms with Gasteiger partial charge in [0.1, 0.15) is 8.07 Å². The van der Waals surface area contributed by atoms with Gasteiger partial charge in [-0.3, -0.25) is 0 Å².